The smallest absolute Gasteiger partial charge is 0.277 e. The summed E-state index contributed by atoms with van der Waals surface area (Å²) in [6.07, 6.45) is 7.65. The highest BCUT2D eigenvalue weighted by Gasteiger charge is 2.13. The topological polar surface area (TPSA) is 96.8 Å². The first-order valence-corrected chi connectivity index (χ1v) is 6.77. The predicted octanol–water partition coefficient (Wildman–Crippen LogP) is 0.588. The van der Waals surface area contributed by atoms with Crippen molar-refractivity contribution in [3.63, 3.8) is 0 Å². The third-order valence-electron chi connectivity index (χ3n) is 3.46. The molecule has 6 heteroatoms. The zero-order chi connectivity index (χ0) is 14.7. The Morgan fingerprint density at radius 1 is 1.33 bits per heavy atom. The van der Waals surface area contributed by atoms with E-state index < -0.39 is 0 Å². The van der Waals surface area contributed by atoms with Gasteiger partial charge in [-0.05, 0) is 33.9 Å². The molecule has 0 radical (unpaired) electrons. The van der Waals surface area contributed by atoms with Crippen LogP contribution >= 0.6 is 0 Å². The van der Waals surface area contributed by atoms with Crippen molar-refractivity contribution < 1.29 is 15.5 Å². The molecule has 2 aliphatic rings. The first kappa shape index (κ1) is 13.5. The van der Waals surface area contributed by atoms with Crippen LogP contribution < -0.4 is 16.1 Å². The average molecular weight is 285 g/mol. The molecule has 108 valence electrons. The monoisotopic (exact) mass is 285 g/mol. The maximum Gasteiger partial charge on any atom is 0.277 e. The van der Waals surface area contributed by atoms with Crippen LogP contribution in [-0.2, 0) is 6.42 Å². The highest BCUT2D eigenvalue weighted by molar-refractivity contribution is 6.07. The number of rotatable bonds is 2. The van der Waals surface area contributed by atoms with Crippen molar-refractivity contribution in [2.75, 3.05) is 6.61 Å². The van der Waals surface area contributed by atoms with Gasteiger partial charge in [0.2, 0.25) is 0 Å². The molecule has 0 amide bonds. The largest absolute Gasteiger partial charge is 0.493 e. The normalized spacial score (nSPS) is 19.4. The summed E-state index contributed by atoms with van der Waals surface area (Å²) < 4.78 is 5.60. The number of nitrogens with two attached hydrogens (primary N) is 2. The molecule has 21 heavy (non-hydrogen) atoms. The van der Waals surface area contributed by atoms with E-state index in [1.165, 1.54) is 5.56 Å². The standard InChI is InChI=1S/C15H16N4O2/c16-15(18-19-20)17-13-5-3-10(4-6-13)12-2-1-11-7-8-21-14(11)9-12/h1-5,9,19-20H,6-8H2,(H2,16,18)/p+1/b17-13-. The van der Waals surface area contributed by atoms with Gasteiger partial charge in [0.1, 0.15) is 5.75 Å². The van der Waals surface area contributed by atoms with Crippen LogP contribution in [-0.4, -0.2) is 23.5 Å². The molecule has 5 N–H and O–H groups in total. The van der Waals surface area contributed by atoms with E-state index in [4.69, 9.17) is 15.7 Å². The van der Waals surface area contributed by atoms with E-state index in [1.807, 2.05) is 12.2 Å². The lowest BCUT2D eigenvalue weighted by Crippen LogP contribution is -2.74. The van der Waals surface area contributed by atoms with Gasteiger partial charge in [0.25, 0.3) is 5.96 Å². The van der Waals surface area contributed by atoms with Crippen LogP contribution in [0.5, 0.6) is 5.75 Å². The summed E-state index contributed by atoms with van der Waals surface area (Å²) in [6, 6.07) is 6.32. The second-order valence-corrected chi connectivity index (χ2v) is 4.82. The number of fused-ring (bicyclic) bond motifs is 1. The summed E-state index contributed by atoms with van der Waals surface area (Å²) in [6.45, 7) is 0.769. The first-order valence-electron chi connectivity index (χ1n) is 6.77. The molecule has 1 aromatic rings. The molecule has 1 aromatic carbocycles. The zero-order valence-corrected chi connectivity index (χ0v) is 11.5. The molecule has 0 unspecified atom stereocenters. The summed E-state index contributed by atoms with van der Waals surface area (Å²) in [7, 11) is 0. The summed E-state index contributed by atoms with van der Waals surface area (Å²) in [5, 5.41) is 12.0. The summed E-state index contributed by atoms with van der Waals surface area (Å²) in [5.41, 5.74) is 10.5. The quantitative estimate of drug-likeness (QED) is 0.321. The Labute approximate surface area is 122 Å². The minimum absolute atomic E-state index is 0.0416. The van der Waals surface area contributed by atoms with Gasteiger partial charge in [-0.25, -0.2) is 4.99 Å². The number of hydrogen-bond donors (Lipinski definition) is 3. The second-order valence-electron chi connectivity index (χ2n) is 4.82. The number of aliphatic imine (C=N–C) groups is 1. The number of allylic oxidation sites excluding steroid dienone is 4. The maximum absolute atomic E-state index is 8.53. The lowest BCUT2D eigenvalue weighted by Gasteiger charge is -2.10. The average Bonchev–Trinajstić information content (AvgIpc) is 2.95. The molecular weight excluding hydrogens is 268 g/mol. The Balaban J connectivity index is 1.77. The van der Waals surface area contributed by atoms with Gasteiger partial charge in [-0.15, -0.1) is 0 Å². The van der Waals surface area contributed by atoms with Gasteiger partial charge >= 0.3 is 0 Å². The fourth-order valence-corrected chi connectivity index (χ4v) is 2.41. The molecule has 0 spiro atoms. The summed E-state index contributed by atoms with van der Waals surface area (Å²) in [4.78, 5) is 4.11. The molecular formula is C15H17N4O2+. The SMILES string of the molecule is NC(=N/[NH2+]O)/N=C1/C=CC(c2ccc3c(c2)OCC3)=CC1. The Kier molecular flexibility index (Phi) is 3.81. The Morgan fingerprint density at radius 3 is 3.00 bits per heavy atom. The van der Waals surface area contributed by atoms with Gasteiger partial charge in [0.15, 0.2) is 0 Å². The maximum atomic E-state index is 8.53. The molecule has 1 heterocycles. The third kappa shape index (κ3) is 3.01. The van der Waals surface area contributed by atoms with Crippen LogP contribution in [0.2, 0.25) is 0 Å². The van der Waals surface area contributed by atoms with Gasteiger partial charge in [-0.3, -0.25) is 0 Å². The molecule has 0 saturated carbocycles. The second kappa shape index (κ2) is 5.90. The third-order valence-corrected chi connectivity index (χ3v) is 3.46. The Bertz CT molecular complexity index is 674. The molecule has 3 rings (SSSR count). The van der Waals surface area contributed by atoms with Crippen molar-refractivity contribution in [2.24, 2.45) is 15.8 Å². The van der Waals surface area contributed by atoms with Gasteiger partial charge < -0.3 is 10.5 Å². The highest BCUT2D eigenvalue weighted by atomic mass is 16.5. The number of hydrogen-bond acceptors (Lipinski definition) is 3. The minimum atomic E-state index is 0.0416. The highest BCUT2D eigenvalue weighted by Crippen LogP contribution is 2.30. The fraction of sp³-hybridized carbons (Fsp3) is 0.200. The summed E-state index contributed by atoms with van der Waals surface area (Å²) >= 11 is 0. The van der Waals surface area contributed by atoms with Crippen LogP contribution in [0, 0.1) is 0 Å². The van der Waals surface area contributed by atoms with Crippen LogP contribution in [0.1, 0.15) is 17.5 Å². The van der Waals surface area contributed by atoms with Crippen LogP contribution in [0.4, 0.5) is 0 Å². The van der Waals surface area contributed by atoms with Gasteiger partial charge in [0, 0.05) is 18.6 Å². The Morgan fingerprint density at radius 2 is 2.24 bits per heavy atom. The van der Waals surface area contributed by atoms with Crippen LogP contribution in [0.15, 0.2) is 46.5 Å². The van der Waals surface area contributed by atoms with Crippen molar-refractivity contribution in [3.05, 3.63) is 47.6 Å². The number of ether oxygens (including phenoxy) is 1. The van der Waals surface area contributed by atoms with Crippen molar-refractivity contribution in [1.29, 1.82) is 0 Å². The van der Waals surface area contributed by atoms with Crippen molar-refractivity contribution in [1.82, 2.24) is 0 Å². The van der Waals surface area contributed by atoms with E-state index in [-0.39, 0.29) is 5.96 Å². The lowest BCUT2D eigenvalue weighted by atomic mass is 9.97. The van der Waals surface area contributed by atoms with Crippen LogP contribution in [0.25, 0.3) is 5.57 Å². The zero-order valence-electron chi connectivity index (χ0n) is 11.5. The molecule has 1 aliphatic heterocycles. The van der Waals surface area contributed by atoms with Gasteiger partial charge in [-0.1, -0.05) is 29.9 Å². The predicted molar refractivity (Wildman–Crippen MR) is 80.1 cm³/mol. The van der Waals surface area contributed by atoms with E-state index >= 15 is 0 Å². The van der Waals surface area contributed by atoms with Gasteiger partial charge in [-0.2, -0.15) is 5.21 Å². The molecule has 0 fully saturated rings. The van der Waals surface area contributed by atoms with E-state index in [0.29, 0.717) is 12.0 Å². The first-order chi connectivity index (χ1) is 10.3. The van der Waals surface area contributed by atoms with Crippen molar-refractivity contribution in [3.8, 4) is 5.75 Å². The molecule has 0 bridgehead atoms. The number of nitrogens with zero attached hydrogens (tertiary/aromatic N) is 2. The summed E-state index contributed by atoms with van der Waals surface area (Å²) in [5.74, 6) is 1.02. The molecule has 0 aromatic heterocycles. The van der Waals surface area contributed by atoms with Crippen molar-refractivity contribution >= 4 is 17.2 Å². The number of benzene rings is 1. The molecule has 0 saturated heterocycles. The number of guanidine groups is 1. The van der Waals surface area contributed by atoms with E-state index in [0.717, 1.165) is 35.6 Å². The van der Waals surface area contributed by atoms with E-state index in [9.17, 15) is 0 Å². The van der Waals surface area contributed by atoms with Crippen molar-refractivity contribution in [2.45, 2.75) is 12.8 Å². The molecule has 1 aliphatic carbocycles. The van der Waals surface area contributed by atoms with Crippen LogP contribution in [0.3, 0.4) is 0 Å². The molecule has 0 atom stereocenters. The van der Waals surface area contributed by atoms with E-state index in [2.05, 4.69) is 34.4 Å². The lowest BCUT2D eigenvalue weighted by molar-refractivity contribution is -0.892. The fourth-order valence-electron chi connectivity index (χ4n) is 2.41. The Hall–Kier alpha value is -2.44. The van der Waals surface area contributed by atoms with E-state index in [1.54, 1.807) is 0 Å². The number of quaternary nitrogens is 1. The molecule has 6 nitrogen and oxygen atoms in total. The minimum Gasteiger partial charge on any atom is -0.493 e. The van der Waals surface area contributed by atoms with Gasteiger partial charge in [0.05, 0.1) is 6.61 Å².